The van der Waals surface area contributed by atoms with Crippen LogP contribution in [0.25, 0.3) is 0 Å². The van der Waals surface area contributed by atoms with E-state index in [1.807, 2.05) is 0 Å². The number of pyridine rings is 1. The molecule has 0 fully saturated rings. The van der Waals surface area contributed by atoms with Crippen molar-refractivity contribution in [1.82, 2.24) is 4.98 Å². The van der Waals surface area contributed by atoms with Crippen LogP contribution in [0.15, 0.2) is 41.3 Å². The Hall–Kier alpha value is -1.87. The molecule has 0 aliphatic carbocycles. The number of nitrogens with zero attached hydrogens (tertiary/aromatic N) is 2. The van der Waals surface area contributed by atoms with E-state index in [2.05, 4.69) is 4.98 Å². The summed E-state index contributed by atoms with van der Waals surface area (Å²) < 4.78 is 77.3. The summed E-state index contributed by atoms with van der Waals surface area (Å²) in [4.78, 5) is 2.50. The van der Waals surface area contributed by atoms with Gasteiger partial charge in [-0.15, -0.1) is 0 Å². The molecule has 0 spiro atoms. The molecule has 0 unspecified atom stereocenters. The van der Waals surface area contributed by atoms with Gasteiger partial charge >= 0.3 is 6.18 Å². The first kappa shape index (κ1) is 18.5. The third kappa shape index (κ3) is 3.62. The van der Waals surface area contributed by atoms with Crippen LogP contribution in [0.5, 0.6) is 0 Å². The molecule has 0 radical (unpaired) electrons. The SMILES string of the molecule is CCN(c1cccc(F)c1)S(=O)(=O)c1ccc(C(F)(F)F)nc1Cl. The maximum absolute atomic E-state index is 13.3. The summed E-state index contributed by atoms with van der Waals surface area (Å²) in [5.74, 6) is -0.655. The second kappa shape index (κ2) is 6.56. The van der Waals surface area contributed by atoms with E-state index >= 15 is 0 Å². The lowest BCUT2D eigenvalue weighted by atomic mass is 10.3. The Morgan fingerprint density at radius 3 is 2.38 bits per heavy atom. The van der Waals surface area contributed by atoms with Gasteiger partial charge in [-0.25, -0.2) is 17.8 Å². The molecule has 0 N–H and O–H groups in total. The van der Waals surface area contributed by atoms with Crippen LogP contribution in [0.1, 0.15) is 12.6 Å². The van der Waals surface area contributed by atoms with Crippen molar-refractivity contribution in [1.29, 1.82) is 0 Å². The summed E-state index contributed by atoms with van der Waals surface area (Å²) in [5, 5.41) is -0.806. The zero-order valence-corrected chi connectivity index (χ0v) is 13.8. The van der Waals surface area contributed by atoms with Gasteiger partial charge in [0.2, 0.25) is 0 Å². The van der Waals surface area contributed by atoms with Crippen LogP contribution in [0, 0.1) is 5.82 Å². The number of aromatic nitrogens is 1. The Labute approximate surface area is 140 Å². The van der Waals surface area contributed by atoms with Crippen molar-refractivity contribution in [3.63, 3.8) is 0 Å². The minimum Gasteiger partial charge on any atom is -0.266 e. The van der Waals surface area contributed by atoms with Gasteiger partial charge in [0.05, 0.1) is 5.69 Å². The summed E-state index contributed by atoms with van der Waals surface area (Å²) in [6.45, 7) is 1.41. The predicted octanol–water partition coefficient (Wildman–Crippen LogP) is 4.11. The first-order valence-electron chi connectivity index (χ1n) is 6.59. The van der Waals surface area contributed by atoms with Gasteiger partial charge in [0.15, 0.2) is 0 Å². The normalized spacial score (nSPS) is 12.2. The summed E-state index contributed by atoms with van der Waals surface area (Å²) in [7, 11) is -4.31. The van der Waals surface area contributed by atoms with Crippen LogP contribution in [0.2, 0.25) is 5.15 Å². The minimum absolute atomic E-state index is 0.0217. The highest BCUT2D eigenvalue weighted by Gasteiger charge is 2.35. The largest absolute Gasteiger partial charge is 0.433 e. The molecule has 0 aliphatic rings. The molecule has 0 aliphatic heterocycles. The number of alkyl halides is 3. The summed E-state index contributed by atoms with van der Waals surface area (Å²) >= 11 is 5.65. The lowest BCUT2D eigenvalue weighted by Crippen LogP contribution is -2.31. The average Bonchev–Trinajstić information content (AvgIpc) is 2.46. The lowest BCUT2D eigenvalue weighted by molar-refractivity contribution is -0.141. The van der Waals surface area contributed by atoms with Crippen LogP contribution in [-0.2, 0) is 16.2 Å². The highest BCUT2D eigenvalue weighted by atomic mass is 35.5. The molecule has 4 nitrogen and oxygen atoms in total. The highest BCUT2D eigenvalue weighted by Crippen LogP contribution is 2.32. The molecule has 2 aromatic rings. The van der Waals surface area contributed by atoms with Crippen molar-refractivity contribution in [2.75, 3.05) is 10.8 Å². The topological polar surface area (TPSA) is 50.3 Å². The van der Waals surface area contributed by atoms with Crippen LogP contribution in [-0.4, -0.2) is 19.9 Å². The molecule has 130 valence electrons. The standard InChI is InChI=1S/C14H11ClF4N2O2S/c1-2-21(10-5-3-4-9(16)8-10)24(22,23)11-6-7-12(14(17,18)19)20-13(11)15/h3-8H,2H2,1H3. The van der Waals surface area contributed by atoms with E-state index < -0.39 is 37.8 Å². The van der Waals surface area contributed by atoms with Crippen molar-refractivity contribution in [3.8, 4) is 0 Å². The zero-order valence-electron chi connectivity index (χ0n) is 12.2. The molecule has 0 atom stereocenters. The predicted molar refractivity (Wildman–Crippen MR) is 80.9 cm³/mol. The molecule has 2 rings (SSSR count). The van der Waals surface area contributed by atoms with E-state index in [0.717, 1.165) is 22.5 Å². The molecule has 0 amide bonds. The summed E-state index contributed by atoms with van der Waals surface area (Å²) in [5.41, 5.74) is -1.28. The molecule has 0 saturated heterocycles. The van der Waals surface area contributed by atoms with E-state index in [1.54, 1.807) is 0 Å². The molecular weight excluding hydrogens is 372 g/mol. The van der Waals surface area contributed by atoms with Crippen molar-refractivity contribution in [3.05, 3.63) is 53.1 Å². The van der Waals surface area contributed by atoms with Crippen molar-refractivity contribution < 1.29 is 26.0 Å². The van der Waals surface area contributed by atoms with Gasteiger partial charge in [-0.05, 0) is 37.3 Å². The van der Waals surface area contributed by atoms with Gasteiger partial charge < -0.3 is 0 Å². The molecule has 0 saturated carbocycles. The Morgan fingerprint density at radius 2 is 1.88 bits per heavy atom. The van der Waals surface area contributed by atoms with Crippen molar-refractivity contribution in [2.24, 2.45) is 0 Å². The smallest absolute Gasteiger partial charge is 0.266 e. The Kier molecular flexibility index (Phi) is 5.05. The Bertz CT molecular complexity index is 856. The number of anilines is 1. The van der Waals surface area contributed by atoms with Crippen LogP contribution < -0.4 is 4.31 Å². The van der Waals surface area contributed by atoms with E-state index in [9.17, 15) is 26.0 Å². The maximum Gasteiger partial charge on any atom is 0.433 e. The molecule has 1 aromatic carbocycles. The van der Waals surface area contributed by atoms with Gasteiger partial charge in [-0.2, -0.15) is 13.2 Å². The molecular formula is C14H11ClF4N2O2S. The molecule has 0 bridgehead atoms. The van der Waals surface area contributed by atoms with Crippen molar-refractivity contribution in [2.45, 2.75) is 18.0 Å². The monoisotopic (exact) mass is 382 g/mol. The highest BCUT2D eigenvalue weighted by molar-refractivity contribution is 7.93. The molecule has 10 heteroatoms. The molecule has 24 heavy (non-hydrogen) atoms. The van der Waals surface area contributed by atoms with Gasteiger partial charge in [-0.3, -0.25) is 4.31 Å². The minimum atomic E-state index is -4.75. The third-order valence-electron chi connectivity index (χ3n) is 3.06. The van der Waals surface area contributed by atoms with Crippen LogP contribution in [0.3, 0.4) is 0 Å². The van der Waals surface area contributed by atoms with Gasteiger partial charge in [-0.1, -0.05) is 17.7 Å². The van der Waals surface area contributed by atoms with E-state index in [4.69, 9.17) is 11.6 Å². The van der Waals surface area contributed by atoms with Crippen LogP contribution >= 0.6 is 11.6 Å². The Balaban J connectivity index is 2.53. The number of halogens is 5. The van der Waals surface area contributed by atoms with Gasteiger partial charge in [0.25, 0.3) is 10.0 Å². The van der Waals surface area contributed by atoms with E-state index in [-0.39, 0.29) is 12.2 Å². The fraction of sp³-hybridized carbons (Fsp3) is 0.214. The van der Waals surface area contributed by atoms with Gasteiger partial charge in [0, 0.05) is 6.54 Å². The second-order valence-corrected chi connectivity index (χ2v) is 6.82. The molecule has 1 heterocycles. The summed E-state index contributed by atoms with van der Waals surface area (Å²) in [6.07, 6.45) is -4.75. The average molecular weight is 383 g/mol. The lowest BCUT2D eigenvalue weighted by Gasteiger charge is -2.23. The maximum atomic E-state index is 13.3. The first-order chi connectivity index (χ1) is 11.1. The molecule has 1 aromatic heterocycles. The number of hydrogen-bond donors (Lipinski definition) is 0. The van der Waals surface area contributed by atoms with Gasteiger partial charge in [0.1, 0.15) is 21.6 Å². The van der Waals surface area contributed by atoms with Crippen molar-refractivity contribution >= 4 is 27.3 Å². The third-order valence-corrected chi connectivity index (χ3v) is 5.39. The number of sulfonamides is 1. The van der Waals surface area contributed by atoms with E-state index in [0.29, 0.717) is 6.07 Å². The quantitative estimate of drug-likeness (QED) is 0.590. The zero-order chi connectivity index (χ0) is 18.1. The second-order valence-electron chi connectivity index (χ2n) is 4.63. The fourth-order valence-corrected chi connectivity index (χ4v) is 3.93. The first-order valence-corrected chi connectivity index (χ1v) is 8.41. The Morgan fingerprint density at radius 1 is 1.21 bits per heavy atom. The van der Waals surface area contributed by atoms with Crippen LogP contribution in [0.4, 0.5) is 23.2 Å². The van der Waals surface area contributed by atoms with E-state index in [1.165, 1.54) is 19.1 Å². The number of rotatable bonds is 4. The number of benzene rings is 1. The fourth-order valence-electron chi connectivity index (χ4n) is 2.01. The summed E-state index contributed by atoms with van der Waals surface area (Å²) in [6, 6.07) is 6.06. The number of hydrogen-bond acceptors (Lipinski definition) is 3.